The van der Waals surface area contributed by atoms with Crippen LogP contribution >= 0.6 is 11.6 Å². The lowest BCUT2D eigenvalue weighted by Gasteiger charge is -2.08. The highest BCUT2D eigenvalue weighted by molar-refractivity contribution is 6.32. The van der Waals surface area contributed by atoms with Crippen molar-refractivity contribution >= 4 is 17.5 Å². The van der Waals surface area contributed by atoms with Crippen LogP contribution in [0.15, 0.2) is 24.3 Å². The van der Waals surface area contributed by atoms with E-state index in [0.29, 0.717) is 23.8 Å². The maximum Gasteiger partial charge on any atom is 0.223 e. The van der Waals surface area contributed by atoms with Crippen LogP contribution in [0.3, 0.4) is 0 Å². The minimum atomic E-state index is 0.0311. The van der Waals surface area contributed by atoms with Gasteiger partial charge in [-0.1, -0.05) is 49.9 Å². The number of nitrogens with one attached hydrogen (secondary N) is 1. The lowest BCUT2D eigenvalue weighted by atomic mass is 10.2. The summed E-state index contributed by atoms with van der Waals surface area (Å²) in [5.41, 5.74) is 0. The molecule has 1 aromatic carbocycles. The molecule has 0 heterocycles. The number of hydrogen-bond acceptors (Lipinski definition) is 2. The van der Waals surface area contributed by atoms with E-state index in [1.54, 1.807) is 12.1 Å². The molecular weight excluding hydrogens is 262 g/mol. The van der Waals surface area contributed by atoms with Gasteiger partial charge in [0.25, 0.3) is 0 Å². The van der Waals surface area contributed by atoms with Gasteiger partial charge in [-0.2, -0.15) is 0 Å². The van der Waals surface area contributed by atoms with Crippen LogP contribution in [0, 0.1) is 0 Å². The number of benzene rings is 1. The molecule has 0 aliphatic heterocycles. The summed E-state index contributed by atoms with van der Waals surface area (Å²) in [6.07, 6.45) is 5.02. The monoisotopic (exact) mass is 283 g/mol. The summed E-state index contributed by atoms with van der Waals surface area (Å²) in [5.74, 6) is 0.656. The Morgan fingerprint density at radius 3 is 2.79 bits per heavy atom. The van der Waals surface area contributed by atoms with Crippen LogP contribution in [0.5, 0.6) is 5.75 Å². The molecule has 1 amide bonds. The van der Waals surface area contributed by atoms with E-state index in [1.165, 1.54) is 19.3 Å². The van der Waals surface area contributed by atoms with Gasteiger partial charge < -0.3 is 10.1 Å². The molecule has 0 bridgehead atoms. The zero-order valence-corrected chi connectivity index (χ0v) is 12.2. The molecule has 0 saturated carbocycles. The third kappa shape index (κ3) is 7.06. The molecule has 106 valence electrons. The first kappa shape index (κ1) is 15.8. The van der Waals surface area contributed by atoms with Crippen LogP contribution in [0.4, 0.5) is 0 Å². The SMILES string of the molecule is CCCCCCNC(=O)CCOc1ccccc1Cl. The van der Waals surface area contributed by atoms with Crippen molar-refractivity contribution in [3.05, 3.63) is 29.3 Å². The molecule has 1 aromatic rings. The van der Waals surface area contributed by atoms with Crippen molar-refractivity contribution in [3.63, 3.8) is 0 Å². The van der Waals surface area contributed by atoms with Crippen molar-refractivity contribution in [3.8, 4) is 5.75 Å². The number of ether oxygens (including phenoxy) is 1. The van der Waals surface area contributed by atoms with E-state index in [0.717, 1.165) is 13.0 Å². The Hall–Kier alpha value is -1.22. The molecule has 0 saturated heterocycles. The number of carbonyl (C=O) groups excluding carboxylic acids is 1. The van der Waals surface area contributed by atoms with Crippen molar-refractivity contribution < 1.29 is 9.53 Å². The molecule has 1 N–H and O–H groups in total. The first-order chi connectivity index (χ1) is 9.24. The molecule has 3 nitrogen and oxygen atoms in total. The summed E-state index contributed by atoms with van der Waals surface area (Å²) in [6.45, 7) is 3.28. The molecule has 1 rings (SSSR count). The molecular formula is C15H22ClNO2. The molecule has 0 radical (unpaired) electrons. The number of amides is 1. The highest BCUT2D eigenvalue weighted by Gasteiger charge is 2.03. The van der Waals surface area contributed by atoms with E-state index in [4.69, 9.17) is 16.3 Å². The fourth-order valence-corrected chi connectivity index (χ4v) is 1.87. The van der Waals surface area contributed by atoms with E-state index in [1.807, 2.05) is 12.1 Å². The summed E-state index contributed by atoms with van der Waals surface area (Å²) in [4.78, 5) is 11.5. The Balaban J connectivity index is 2.09. The Morgan fingerprint density at radius 1 is 1.26 bits per heavy atom. The number of hydrogen-bond donors (Lipinski definition) is 1. The lowest BCUT2D eigenvalue weighted by Crippen LogP contribution is -2.25. The van der Waals surface area contributed by atoms with Crippen LogP contribution in [0.2, 0.25) is 5.02 Å². The molecule has 0 aliphatic rings. The first-order valence-corrected chi connectivity index (χ1v) is 7.26. The van der Waals surface area contributed by atoms with E-state index in [-0.39, 0.29) is 5.91 Å². The zero-order chi connectivity index (χ0) is 13.9. The summed E-state index contributed by atoms with van der Waals surface area (Å²) in [6, 6.07) is 7.27. The fraction of sp³-hybridized carbons (Fsp3) is 0.533. The predicted octanol–water partition coefficient (Wildman–Crippen LogP) is 3.81. The Bertz CT molecular complexity index is 382. The van der Waals surface area contributed by atoms with Gasteiger partial charge in [0, 0.05) is 6.54 Å². The third-order valence-electron chi connectivity index (χ3n) is 2.78. The van der Waals surface area contributed by atoms with Crippen molar-refractivity contribution in [2.24, 2.45) is 0 Å². The van der Waals surface area contributed by atoms with Gasteiger partial charge in [0.05, 0.1) is 18.1 Å². The second-order valence-corrected chi connectivity index (χ2v) is 4.85. The Morgan fingerprint density at radius 2 is 2.05 bits per heavy atom. The summed E-state index contributed by atoms with van der Waals surface area (Å²) in [7, 11) is 0. The van der Waals surface area contributed by atoms with Gasteiger partial charge in [-0.15, -0.1) is 0 Å². The predicted molar refractivity (Wildman–Crippen MR) is 78.7 cm³/mol. The third-order valence-corrected chi connectivity index (χ3v) is 3.09. The van der Waals surface area contributed by atoms with Crippen molar-refractivity contribution in [2.75, 3.05) is 13.2 Å². The zero-order valence-electron chi connectivity index (χ0n) is 11.5. The Labute approximate surface area is 120 Å². The average Bonchev–Trinajstić information content (AvgIpc) is 2.41. The van der Waals surface area contributed by atoms with E-state index in [2.05, 4.69) is 12.2 Å². The first-order valence-electron chi connectivity index (χ1n) is 6.88. The molecule has 0 unspecified atom stereocenters. The summed E-state index contributed by atoms with van der Waals surface area (Å²) in [5, 5.41) is 3.46. The molecule has 19 heavy (non-hydrogen) atoms. The molecule has 0 aromatic heterocycles. The quantitative estimate of drug-likeness (QED) is 0.700. The smallest absolute Gasteiger partial charge is 0.223 e. The van der Waals surface area contributed by atoms with Gasteiger partial charge in [0.2, 0.25) is 5.91 Å². The Kier molecular flexibility index (Phi) is 8.07. The van der Waals surface area contributed by atoms with Gasteiger partial charge >= 0.3 is 0 Å². The molecule has 0 aliphatic carbocycles. The second-order valence-electron chi connectivity index (χ2n) is 4.44. The topological polar surface area (TPSA) is 38.3 Å². The molecule has 4 heteroatoms. The fourth-order valence-electron chi connectivity index (χ4n) is 1.68. The van der Waals surface area contributed by atoms with E-state index < -0.39 is 0 Å². The second kappa shape index (κ2) is 9.68. The van der Waals surface area contributed by atoms with Gasteiger partial charge in [-0.25, -0.2) is 0 Å². The minimum Gasteiger partial charge on any atom is -0.491 e. The number of unbranched alkanes of at least 4 members (excludes halogenated alkanes) is 3. The number of carbonyl (C=O) groups is 1. The van der Waals surface area contributed by atoms with Crippen LogP contribution < -0.4 is 10.1 Å². The van der Waals surface area contributed by atoms with Gasteiger partial charge in [-0.05, 0) is 18.6 Å². The van der Waals surface area contributed by atoms with Crippen molar-refractivity contribution in [1.82, 2.24) is 5.32 Å². The van der Waals surface area contributed by atoms with Crippen LogP contribution in [0.1, 0.15) is 39.0 Å². The van der Waals surface area contributed by atoms with Crippen molar-refractivity contribution in [2.45, 2.75) is 39.0 Å². The highest BCUT2D eigenvalue weighted by atomic mass is 35.5. The molecule has 0 fully saturated rings. The number of halogens is 1. The normalized spacial score (nSPS) is 10.2. The van der Waals surface area contributed by atoms with Crippen LogP contribution in [0.25, 0.3) is 0 Å². The van der Waals surface area contributed by atoms with E-state index >= 15 is 0 Å². The summed E-state index contributed by atoms with van der Waals surface area (Å²) < 4.78 is 5.46. The number of rotatable bonds is 9. The minimum absolute atomic E-state index is 0.0311. The highest BCUT2D eigenvalue weighted by Crippen LogP contribution is 2.22. The standard InChI is InChI=1S/C15H22ClNO2/c1-2-3-4-7-11-17-15(18)10-12-19-14-9-6-5-8-13(14)16/h5-6,8-9H,2-4,7,10-12H2,1H3,(H,17,18). The molecule has 0 atom stereocenters. The maximum atomic E-state index is 11.5. The molecule has 0 spiro atoms. The van der Waals surface area contributed by atoms with Gasteiger partial charge in [0.1, 0.15) is 5.75 Å². The largest absolute Gasteiger partial charge is 0.491 e. The van der Waals surface area contributed by atoms with E-state index in [9.17, 15) is 4.79 Å². The average molecular weight is 284 g/mol. The maximum absolute atomic E-state index is 11.5. The van der Waals surface area contributed by atoms with Gasteiger partial charge in [-0.3, -0.25) is 4.79 Å². The van der Waals surface area contributed by atoms with Crippen molar-refractivity contribution in [1.29, 1.82) is 0 Å². The number of para-hydroxylation sites is 1. The summed E-state index contributed by atoms with van der Waals surface area (Å²) >= 11 is 5.95. The van der Waals surface area contributed by atoms with Crippen LogP contribution in [-0.2, 0) is 4.79 Å². The van der Waals surface area contributed by atoms with Crippen LogP contribution in [-0.4, -0.2) is 19.1 Å². The lowest BCUT2D eigenvalue weighted by molar-refractivity contribution is -0.121. The van der Waals surface area contributed by atoms with Gasteiger partial charge in [0.15, 0.2) is 0 Å².